The molecule has 0 aromatic carbocycles. The number of rotatable bonds is 0. The van der Waals surface area contributed by atoms with Crippen molar-refractivity contribution in [2.24, 2.45) is 15.7 Å². The van der Waals surface area contributed by atoms with E-state index in [0.29, 0.717) is 16.0 Å². The molecule has 3 heterocycles. The van der Waals surface area contributed by atoms with E-state index in [-0.39, 0.29) is 17.0 Å². The third-order valence-electron chi connectivity index (χ3n) is 5.38. The van der Waals surface area contributed by atoms with Gasteiger partial charge in [0.15, 0.2) is 47.1 Å². The van der Waals surface area contributed by atoms with Gasteiger partial charge in [-0.25, -0.2) is 9.79 Å². The summed E-state index contributed by atoms with van der Waals surface area (Å²) in [5.74, 6) is -3.65. The number of hydroxylamine groups is 1. The number of ether oxygens (including phenoxy) is 1. The summed E-state index contributed by atoms with van der Waals surface area (Å²) in [6.07, 6.45) is 10.4. The molecular formula is C24H21F3N5O6+. The minimum absolute atomic E-state index is 0.0169. The van der Waals surface area contributed by atoms with E-state index in [4.69, 9.17) is 20.4 Å². The van der Waals surface area contributed by atoms with Crippen LogP contribution in [0.25, 0.3) is 0 Å². The highest BCUT2D eigenvalue weighted by Gasteiger charge is 2.48. The number of allylic oxidation sites excluding steroid dienone is 5. The van der Waals surface area contributed by atoms with Crippen molar-refractivity contribution in [3.8, 4) is 0 Å². The molecular weight excluding hydrogens is 511 g/mol. The number of nitrogens with two attached hydrogens (primary N) is 1. The summed E-state index contributed by atoms with van der Waals surface area (Å²) in [5, 5.41) is 19.3. The van der Waals surface area contributed by atoms with Gasteiger partial charge in [0.1, 0.15) is 5.76 Å². The molecule has 4 rings (SSSR count). The molecule has 0 aromatic rings. The van der Waals surface area contributed by atoms with E-state index in [0.717, 1.165) is 0 Å². The number of hydrogen-bond acceptors (Lipinski definition) is 8. The van der Waals surface area contributed by atoms with Gasteiger partial charge in [-0.3, -0.25) is 14.6 Å². The van der Waals surface area contributed by atoms with Crippen molar-refractivity contribution in [3.63, 3.8) is 0 Å². The third kappa shape index (κ3) is 5.81. The average Bonchev–Trinajstić information content (AvgIpc) is 2.98. The Bertz CT molecular complexity index is 1390. The number of carbonyl (C=O) groups is 3. The third-order valence-corrected chi connectivity index (χ3v) is 5.38. The number of nitrogens with zero attached hydrogens (tertiary/aromatic N) is 4. The first kappa shape index (κ1) is 27.9. The first-order valence-electron chi connectivity index (χ1n) is 10.8. The number of halogens is 3. The van der Waals surface area contributed by atoms with Crippen LogP contribution in [0.1, 0.15) is 13.8 Å². The standard InChI is InChI=1S/C22H20N5O4.C2HF3O2/c1-14-12-18(29)22(23)5-10-26-9-3-4-16-21(26)31-20(22)19(14)17(28)13-15(2)27(30)11-8-24-6-7-25-16;3-2(4,5)1(6)7/h3-13,21H,23H2,1-2H3;(H,6,7)/q+1;/b15-13+,27-11?;. The fourth-order valence-corrected chi connectivity index (χ4v) is 3.48. The molecule has 0 aromatic heterocycles. The summed E-state index contributed by atoms with van der Waals surface area (Å²) in [6.45, 7) is 3.12. The van der Waals surface area contributed by atoms with Crippen LogP contribution < -0.4 is 5.73 Å². The van der Waals surface area contributed by atoms with Gasteiger partial charge >= 0.3 is 18.4 Å². The maximum Gasteiger partial charge on any atom is 0.490 e. The van der Waals surface area contributed by atoms with Gasteiger partial charge in [0, 0.05) is 31.5 Å². The van der Waals surface area contributed by atoms with Crippen LogP contribution in [0, 0.1) is 5.21 Å². The summed E-state index contributed by atoms with van der Waals surface area (Å²) >= 11 is 0. The van der Waals surface area contributed by atoms with Gasteiger partial charge < -0.3 is 20.8 Å². The molecule has 0 spiro atoms. The zero-order valence-electron chi connectivity index (χ0n) is 19.9. The summed E-state index contributed by atoms with van der Waals surface area (Å²) < 4.78 is 40.2. The number of carbonyl (C=O) groups excluding carboxylic acids is 2. The lowest BCUT2D eigenvalue weighted by atomic mass is 9.80. The number of aliphatic carboxylic acids is 1. The Morgan fingerprint density at radius 1 is 1.21 bits per heavy atom. The first-order valence-corrected chi connectivity index (χ1v) is 10.8. The summed E-state index contributed by atoms with van der Waals surface area (Å²) in [5.41, 5.74) is 5.99. The lowest BCUT2D eigenvalue weighted by Crippen LogP contribution is -2.51. The van der Waals surface area contributed by atoms with Gasteiger partial charge in [-0.1, -0.05) is 0 Å². The maximum absolute atomic E-state index is 13.2. The molecule has 0 saturated carbocycles. The summed E-state index contributed by atoms with van der Waals surface area (Å²) in [4.78, 5) is 43.3. The molecule has 3 aliphatic heterocycles. The van der Waals surface area contributed by atoms with Crippen molar-refractivity contribution >= 4 is 41.9 Å². The van der Waals surface area contributed by atoms with E-state index in [9.17, 15) is 28.0 Å². The number of ketones is 2. The second-order valence-corrected chi connectivity index (χ2v) is 8.08. The SMILES string of the molecule is CC1=CC(=O)C2(N)C=C[N+]3=CC=CC4=NC=CN=CC=[N+]([O-])/C(C)=C/C(=O)C1=C2OC43.O=C(O)C(F)(F)F. The highest BCUT2D eigenvalue weighted by Crippen LogP contribution is 2.35. The summed E-state index contributed by atoms with van der Waals surface area (Å²) in [6, 6.07) is 0. The highest BCUT2D eigenvalue weighted by atomic mass is 19.4. The molecule has 0 saturated heterocycles. The normalized spacial score (nSPS) is 26.2. The molecule has 1 aliphatic carbocycles. The van der Waals surface area contributed by atoms with Crippen molar-refractivity contribution in [2.75, 3.05) is 0 Å². The molecule has 198 valence electrons. The Hall–Kier alpha value is -4.72. The second-order valence-electron chi connectivity index (χ2n) is 8.08. The molecule has 4 aliphatic rings. The molecule has 0 radical (unpaired) electrons. The van der Waals surface area contributed by atoms with Crippen LogP contribution in [0.15, 0.2) is 81.6 Å². The van der Waals surface area contributed by atoms with E-state index in [1.54, 1.807) is 36.1 Å². The number of carboxylic acid groups (broad SMARTS) is 1. The molecule has 2 unspecified atom stereocenters. The van der Waals surface area contributed by atoms with Crippen LogP contribution >= 0.6 is 0 Å². The van der Waals surface area contributed by atoms with Gasteiger partial charge in [-0.15, -0.1) is 0 Å². The lowest BCUT2D eigenvalue weighted by molar-refractivity contribution is -0.522. The van der Waals surface area contributed by atoms with Crippen LogP contribution in [0.3, 0.4) is 0 Å². The van der Waals surface area contributed by atoms with Gasteiger partial charge in [-0.2, -0.15) is 22.5 Å². The molecule has 0 fully saturated rings. The Morgan fingerprint density at radius 3 is 2.55 bits per heavy atom. The predicted octanol–water partition coefficient (Wildman–Crippen LogP) is 1.67. The Kier molecular flexibility index (Phi) is 7.86. The first-order chi connectivity index (χ1) is 17.8. The largest absolute Gasteiger partial charge is 0.618 e. The smallest absolute Gasteiger partial charge is 0.490 e. The van der Waals surface area contributed by atoms with Crippen LogP contribution in [-0.4, -0.2) is 74.3 Å². The molecule has 3 N–H and O–H groups in total. The van der Waals surface area contributed by atoms with E-state index in [2.05, 4.69) is 9.98 Å². The lowest BCUT2D eigenvalue weighted by Gasteiger charge is -2.30. The van der Waals surface area contributed by atoms with Crippen LogP contribution in [0.4, 0.5) is 13.2 Å². The fraction of sp³-hybridized carbons (Fsp3) is 0.208. The van der Waals surface area contributed by atoms with Gasteiger partial charge in [0.2, 0.25) is 0 Å². The van der Waals surface area contributed by atoms with E-state index in [1.165, 1.54) is 50.0 Å². The second kappa shape index (κ2) is 10.7. The zero-order chi connectivity index (χ0) is 28.3. The molecule has 0 amide bonds. The van der Waals surface area contributed by atoms with Gasteiger partial charge in [0.25, 0.3) is 0 Å². The molecule has 11 nitrogen and oxygen atoms in total. The van der Waals surface area contributed by atoms with Crippen molar-refractivity contribution in [3.05, 3.63) is 76.8 Å². The molecule has 2 bridgehead atoms. The number of alkyl halides is 3. The topological polar surface area (TPSA) is 160 Å². The maximum atomic E-state index is 13.2. The van der Waals surface area contributed by atoms with Crippen molar-refractivity contribution in [1.29, 1.82) is 0 Å². The Labute approximate surface area is 213 Å². The van der Waals surface area contributed by atoms with Crippen molar-refractivity contribution < 1.29 is 46.7 Å². The Balaban J connectivity index is 0.000000505. The molecule has 14 heteroatoms. The quantitative estimate of drug-likeness (QED) is 0.354. The number of hydrogen-bond donors (Lipinski definition) is 2. The summed E-state index contributed by atoms with van der Waals surface area (Å²) in [7, 11) is 0. The van der Waals surface area contributed by atoms with Crippen LogP contribution in [0.5, 0.6) is 0 Å². The number of carboxylic acids is 1. The Morgan fingerprint density at radius 2 is 1.89 bits per heavy atom. The van der Waals surface area contributed by atoms with E-state index < -0.39 is 35.5 Å². The highest BCUT2D eigenvalue weighted by molar-refractivity contribution is 6.15. The molecule has 38 heavy (non-hydrogen) atoms. The molecule has 2 atom stereocenters. The monoisotopic (exact) mass is 532 g/mol. The van der Waals surface area contributed by atoms with Crippen LogP contribution in [-0.2, 0) is 19.1 Å². The average molecular weight is 532 g/mol. The van der Waals surface area contributed by atoms with E-state index >= 15 is 0 Å². The minimum atomic E-state index is -5.08. The number of aliphatic imine (C=N–C) groups is 2. The predicted molar refractivity (Wildman–Crippen MR) is 129 cm³/mol. The van der Waals surface area contributed by atoms with Crippen molar-refractivity contribution in [2.45, 2.75) is 31.8 Å². The minimum Gasteiger partial charge on any atom is -0.618 e. The zero-order valence-corrected chi connectivity index (χ0v) is 19.9. The van der Waals surface area contributed by atoms with Crippen LogP contribution in [0.2, 0.25) is 0 Å². The van der Waals surface area contributed by atoms with Crippen molar-refractivity contribution in [1.82, 2.24) is 0 Å². The van der Waals surface area contributed by atoms with E-state index in [1.807, 2.05) is 0 Å². The van der Waals surface area contributed by atoms with Gasteiger partial charge in [0.05, 0.1) is 17.9 Å². The van der Waals surface area contributed by atoms with Gasteiger partial charge in [-0.05, 0) is 24.6 Å². The fourth-order valence-electron chi connectivity index (χ4n) is 3.48.